The highest BCUT2D eigenvalue weighted by Gasteiger charge is 2.63. The number of carbonyl (C=O) groups is 1. The maximum absolute atomic E-state index is 11.5. The lowest BCUT2D eigenvalue weighted by Crippen LogP contribution is -2.38. The molecule has 0 amide bonds. The summed E-state index contributed by atoms with van der Waals surface area (Å²) in [4.78, 5) is 11.5. The molecule has 2 bridgehead atoms. The van der Waals surface area contributed by atoms with Crippen molar-refractivity contribution < 1.29 is 14.3 Å². The van der Waals surface area contributed by atoms with E-state index < -0.39 is 11.7 Å². The molecule has 2 fully saturated rings. The van der Waals surface area contributed by atoms with Crippen molar-refractivity contribution in [3.63, 3.8) is 0 Å². The molecule has 2 rings (SSSR count). The first-order chi connectivity index (χ1) is 7.77. The minimum absolute atomic E-state index is 0.0285. The molecule has 0 aromatic heterocycles. The lowest BCUT2D eigenvalue weighted by Gasteiger charge is -2.38. The van der Waals surface area contributed by atoms with Crippen molar-refractivity contribution in [3.8, 4) is 0 Å². The van der Waals surface area contributed by atoms with E-state index >= 15 is 0 Å². The fourth-order valence-electron chi connectivity index (χ4n) is 3.59. The van der Waals surface area contributed by atoms with Crippen molar-refractivity contribution in [1.82, 2.24) is 0 Å². The molecule has 3 nitrogen and oxygen atoms in total. The molecule has 0 radical (unpaired) electrons. The van der Waals surface area contributed by atoms with Gasteiger partial charge in [-0.15, -0.1) is 0 Å². The topological polar surface area (TPSA) is 35.5 Å². The summed E-state index contributed by atoms with van der Waals surface area (Å²) in [6, 6.07) is 0. The van der Waals surface area contributed by atoms with Gasteiger partial charge in [-0.1, -0.05) is 32.4 Å². The van der Waals surface area contributed by atoms with Crippen LogP contribution in [0.25, 0.3) is 0 Å². The molecule has 4 atom stereocenters. The number of ether oxygens (including phenoxy) is 2. The number of hydrogen-bond donors (Lipinski definition) is 0. The summed E-state index contributed by atoms with van der Waals surface area (Å²) >= 11 is 5.60. The third-order valence-corrected chi connectivity index (χ3v) is 5.30. The molecule has 4 heteroatoms. The van der Waals surface area contributed by atoms with E-state index in [2.05, 4.69) is 20.8 Å². The molecular weight excluding hydrogens is 240 g/mol. The van der Waals surface area contributed by atoms with Gasteiger partial charge in [-0.3, -0.25) is 0 Å². The lowest BCUT2D eigenvalue weighted by molar-refractivity contribution is -0.0406. The van der Waals surface area contributed by atoms with E-state index in [1.807, 2.05) is 0 Å². The van der Waals surface area contributed by atoms with Crippen molar-refractivity contribution in [1.29, 1.82) is 0 Å². The van der Waals surface area contributed by atoms with Gasteiger partial charge in [0.2, 0.25) is 0 Å². The average Bonchev–Trinajstić information content (AvgIpc) is 2.49. The maximum Gasteiger partial charge on any atom is 0.510 e. The van der Waals surface area contributed by atoms with Gasteiger partial charge in [-0.25, -0.2) is 4.79 Å². The molecule has 0 aromatic rings. The van der Waals surface area contributed by atoms with Gasteiger partial charge >= 0.3 is 6.16 Å². The normalized spacial score (nSPS) is 40.1. The standard InChI is InChI=1S/C13H21ClO3/c1-8(14)16-11(15)17-10-7-9-5-6-13(10,4)12(9,2)3/h8-10H,5-7H2,1-4H3. The number of alkyl halides is 1. The summed E-state index contributed by atoms with van der Waals surface area (Å²) < 4.78 is 10.3. The van der Waals surface area contributed by atoms with E-state index in [1.165, 1.54) is 6.42 Å². The van der Waals surface area contributed by atoms with Crippen LogP contribution in [0.4, 0.5) is 4.79 Å². The van der Waals surface area contributed by atoms with Crippen molar-refractivity contribution in [2.75, 3.05) is 0 Å². The summed E-state index contributed by atoms with van der Waals surface area (Å²) in [7, 11) is 0. The van der Waals surface area contributed by atoms with Gasteiger partial charge in [0.25, 0.3) is 0 Å². The quantitative estimate of drug-likeness (QED) is 0.557. The highest BCUT2D eigenvalue weighted by atomic mass is 35.5. The molecule has 17 heavy (non-hydrogen) atoms. The van der Waals surface area contributed by atoms with Gasteiger partial charge in [0.15, 0.2) is 5.56 Å². The van der Waals surface area contributed by atoms with Crippen LogP contribution in [0, 0.1) is 16.7 Å². The fraction of sp³-hybridized carbons (Fsp3) is 0.923. The minimum Gasteiger partial charge on any atom is -0.430 e. The number of halogens is 1. The first kappa shape index (κ1) is 13.0. The second kappa shape index (κ2) is 4.04. The molecule has 98 valence electrons. The Morgan fingerprint density at radius 3 is 2.47 bits per heavy atom. The zero-order valence-electron chi connectivity index (χ0n) is 11.0. The van der Waals surface area contributed by atoms with Crippen molar-refractivity contribution in [3.05, 3.63) is 0 Å². The molecule has 2 aliphatic carbocycles. The van der Waals surface area contributed by atoms with Crippen LogP contribution >= 0.6 is 11.6 Å². The predicted octanol–water partition coefficient (Wildman–Crippen LogP) is 3.94. The summed E-state index contributed by atoms with van der Waals surface area (Å²) in [5.74, 6) is 0.652. The second-order valence-corrected chi connectivity index (χ2v) is 6.74. The van der Waals surface area contributed by atoms with Gasteiger partial charge in [-0.05, 0) is 37.5 Å². The third kappa shape index (κ3) is 1.92. The average molecular weight is 261 g/mol. The van der Waals surface area contributed by atoms with E-state index in [-0.39, 0.29) is 16.9 Å². The Morgan fingerprint density at radius 2 is 2.06 bits per heavy atom. The highest BCUT2D eigenvalue weighted by molar-refractivity contribution is 6.19. The van der Waals surface area contributed by atoms with E-state index in [4.69, 9.17) is 21.1 Å². The smallest absolute Gasteiger partial charge is 0.430 e. The van der Waals surface area contributed by atoms with Crippen molar-refractivity contribution in [2.24, 2.45) is 16.7 Å². The molecule has 0 heterocycles. The molecular formula is C13H21ClO3. The molecule has 2 aliphatic rings. The second-order valence-electron chi connectivity index (χ2n) is 6.13. The molecule has 0 spiro atoms. The van der Waals surface area contributed by atoms with E-state index in [0.29, 0.717) is 5.92 Å². The number of hydrogen-bond acceptors (Lipinski definition) is 3. The zero-order chi connectivity index (χ0) is 12.8. The van der Waals surface area contributed by atoms with Crippen molar-refractivity contribution >= 4 is 17.8 Å². The molecule has 0 aromatic carbocycles. The Morgan fingerprint density at radius 1 is 1.41 bits per heavy atom. The Bertz CT molecular complexity index is 327. The first-order valence-electron chi connectivity index (χ1n) is 6.28. The molecule has 0 aliphatic heterocycles. The molecule has 2 saturated carbocycles. The van der Waals surface area contributed by atoms with Crippen LogP contribution in [-0.4, -0.2) is 17.8 Å². The van der Waals surface area contributed by atoms with Crippen LogP contribution in [0.1, 0.15) is 47.0 Å². The van der Waals surface area contributed by atoms with E-state index in [1.54, 1.807) is 6.92 Å². The van der Waals surface area contributed by atoms with E-state index in [9.17, 15) is 4.79 Å². The molecule has 4 unspecified atom stereocenters. The third-order valence-electron chi connectivity index (χ3n) is 5.21. The van der Waals surface area contributed by atoms with Crippen LogP contribution in [-0.2, 0) is 9.47 Å². The van der Waals surface area contributed by atoms with Gasteiger partial charge in [0.1, 0.15) is 6.10 Å². The summed E-state index contributed by atoms with van der Waals surface area (Å²) in [6.07, 6.45) is 2.65. The lowest BCUT2D eigenvalue weighted by atomic mass is 9.70. The summed E-state index contributed by atoms with van der Waals surface area (Å²) in [5.41, 5.74) is -0.321. The first-order valence-corrected chi connectivity index (χ1v) is 6.72. The molecule has 0 saturated heterocycles. The van der Waals surface area contributed by atoms with Crippen LogP contribution in [0.2, 0.25) is 0 Å². The highest BCUT2D eigenvalue weighted by Crippen LogP contribution is 2.66. The summed E-state index contributed by atoms with van der Waals surface area (Å²) in [5, 5.41) is 0. The monoisotopic (exact) mass is 260 g/mol. The van der Waals surface area contributed by atoms with Gasteiger partial charge in [-0.2, -0.15) is 0 Å². The summed E-state index contributed by atoms with van der Waals surface area (Å²) in [6.45, 7) is 8.39. The maximum atomic E-state index is 11.5. The van der Waals surface area contributed by atoms with Crippen LogP contribution < -0.4 is 0 Å². The number of carbonyl (C=O) groups excluding carboxylic acids is 1. The Balaban J connectivity index is 2.03. The number of rotatable bonds is 2. The van der Waals surface area contributed by atoms with E-state index in [0.717, 1.165) is 12.8 Å². The predicted molar refractivity (Wildman–Crippen MR) is 65.9 cm³/mol. The van der Waals surface area contributed by atoms with Crippen LogP contribution in [0.3, 0.4) is 0 Å². The van der Waals surface area contributed by atoms with Crippen LogP contribution in [0.15, 0.2) is 0 Å². The van der Waals surface area contributed by atoms with Gasteiger partial charge < -0.3 is 9.47 Å². The Kier molecular flexibility index (Phi) is 3.09. The molecule has 0 N–H and O–H groups in total. The van der Waals surface area contributed by atoms with Gasteiger partial charge in [0, 0.05) is 5.41 Å². The minimum atomic E-state index is -0.637. The number of fused-ring (bicyclic) bond motifs is 2. The van der Waals surface area contributed by atoms with Crippen LogP contribution in [0.5, 0.6) is 0 Å². The zero-order valence-corrected chi connectivity index (χ0v) is 11.7. The Labute approximate surface area is 108 Å². The largest absolute Gasteiger partial charge is 0.510 e. The van der Waals surface area contributed by atoms with Crippen molar-refractivity contribution in [2.45, 2.75) is 58.6 Å². The Hall–Kier alpha value is -0.440. The van der Waals surface area contributed by atoms with Gasteiger partial charge in [0.05, 0.1) is 0 Å². The fourth-order valence-corrected chi connectivity index (χ4v) is 3.66. The SMILES string of the molecule is CC(Cl)OC(=O)OC1CC2CCC1(C)C2(C)C.